The number of anilines is 3. The van der Waals surface area contributed by atoms with Gasteiger partial charge in [-0.3, -0.25) is 14.3 Å². The third-order valence-corrected chi connectivity index (χ3v) is 5.80. The Labute approximate surface area is 177 Å². The van der Waals surface area contributed by atoms with E-state index in [-0.39, 0.29) is 28.7 Å². The number of halogens is 1. The molecule has 158 valence electrons. The number of hydrogen-bond donors (Lipinski definition) is 3. The zero-order valence-corrected chi connectivity index (χ0v) is 16.7. The summed E-state index contributed by atoms with van der Waals surface area (Å²) >= 11 is 0. The van der Waals surface area contributed by atoms with Crippen LogP contribution in [-0.4, -0.2) is 26.8 Å². The quantitative estimate of drug-likeness (QED) is 0.563. The second-order valence-electron chi connectivity index (χ2n) is 6.61. The molecule has 0 spiro atoms. The van der Waals surface area contributed by atoms with Crippen LogP contribution in [-0.2, 0) is 14.8 Å². The topological polar surface area (TPSA) is 114 Å². The van der Waals surface area contributed by atoms with E-state index in [1.807, 2.05) is 0 Å². The minimum absolute atomic E-state index is 0.0697. The zero-order chi connectivity index (χ0) is 22.0. The standard InChI is InChI=1S/C21H16FN3O5S/c22-16-3-1-2-4-17(16)25-31(28,29)15-8-5-13(6-9-15)21(27)23-14-7-10-19-18(11-14)24-20(26)12-30-19/h1-11,25H,12H2,(H,23,27)(H,24,26). The Bertz CT molecular complexity index is 1280. The first-order valence-electron chi connectivity index (χ1n) is 9.07. The van der Waals surface area contributed by atoms with E-state index >= 15 is 0 Å². The fourth-order valence-electron chi connectivity index (χ4n) is 2.90. The molecular weight excluding hydrogens is 425 g/mol. The molecule has 0 aliphatic carbocycles. The molecule has 31 heavy (non-hydrogen) atoms. The van der Waals surface area contributed by atoms with Crippen LogP contribution in [0.2, 0.25) is 0 Å². The molecule has 3 aromatic rings. The van der Waals surface area contributed by atoms with Crippen molar-refractivity contribution in [2.45, 2.75) is 4.90 Å². The van der Waals surface area contributed by atoms with Crippen LogP contribution >= 0.6 is 0 Å². The number of hydrogen-bond acceptors (Lipinski definition) is 5. The molecule has 8 nitrogen and oxygen atoms in total. The van der Waals surface area contributed by atoms with Gasteiger partial charge < -0.3 is 15.4 Å². The Morgan fingerprint density at radius 2 is 1.77 bits per heavy atom. The van der Waals surface area contributed by atoms with Gasteiger partial charge in [-0.1, -0.05) is 12.1 Å². The van der Waals surface area contributed by atoms with E-state index in [1.165, 1.54) is 42.5 Å². The van der Waals surface area contributed by atoms with E-state index in [1.54, 1.807) is 18.2 Å². The summed E-state index contributed by atoms with van der Waals surface area (Å²) in [6.07, 6.45) is 0. The van der Waals surface area contributed by atoms with Crippen LogP contribution in [0.5, 0.6) is 5.75 Å². The fraction of sp³-hybridized carbons (Fsp3) is 0.0476. The summed E-state index contributed by atoms with van der Waals surface area (Å²) in [5.74, 6) is -0.978. The lowest BCUT2D eigenvalue weighted by Crippen LogP contribution is -2.25. The monoisotopic (exact) mass is 441 g/mol. The smallest absolute Gasteiger partial charge is 0.262 e. The maximum atomic E-state index is 13.7. The second kappa shape index (κ2) is 8.07. The summed E-state index contributed by atoms with van der Waals surface area (Å²) in [6, 6.07) is 15.4. The van der Waals surface area contributed by atoms with E-state index in [0.717, 1.165) is 6.07 Å². The summed E-state index contributed by atoms with van der Waals surface area (Å²) in [5, 5.41) is 5.31. The van der Waals surface area contributed by atoms with Crippen LogP contribution in [0.4, 0.5) is 21.5 Å². The lowest BCUT2D eigenvalue weighted by molar-refractivity contribution is -0.118. The lowest BCUT2D eigenvalue weighted by atomic mass is 10.2. The summed E-state index contributed by atoms with van der Waals surface area (Å²) in [7, 11) is -4.03. The number of amides is 2. The van der Waals surface area contributed by atoms with Crippen molar-refractivity contribution in [2.24, 2.45) is 0 Å². The van der Waals surface area contributed by atoms with Crippen molar-refractivity contribution < 1.29 is 27.1 Å². The van der Waals surface area contributed by atoms with Gasteiger partial charge in [-0.15, -0.1) is 0 Å². The van der Waals surface area contributed by atoms with Crippen LogP contribution in [0.25, 0.3) is 0 Å². The average Bonchev–Trinajstić information content (AvgIpc) is 2.75. The van der Waals surface area contributed by atoms with E-state index in [4.69, 9.17) is 4.74 Å². The molecule has 1 aliphatic heterocycles. The first-order chi connectivity index (χ1) is 14.8. The van der Waals surface area contributed by atoms with Gasteiger partial charge in [-0.05, 0) is 54.6 Å². The van der Waals surface area contributed by atoms with Crippen molar-refractivity contribution in [3.63, 3.8) is 0 Å². The van der Waals surface area contributed by atoms with E-state index in [9.17, 15) is 22.4 Å². The van der Waals surface area contributed by atoms with E-state index in [0.29, 0.717) is 17.1 Å². The number of ether oxygens (including phenoxy) is 1. The first-order valence-corrected chi connectivity index (χ1v) is 10.6. The Hall–Kier alpha value is -3.92. The van der Waals surface area contributed by atoms with Gasteiger partial charge in [0.1, 0.15) is 11.6 Å². The highest BCUT2D eigenvalue weighted by Crippen LogP contribution is 2.30. The van der Waals surface area contributed by atoms with Crippen molar-refractivity contribution in [1.82, 2.24) is 0 Å². The minimum atomic E-state index is -4.03. The zero-order valence-electron chi connectivity index (χ0n) is 15.9. The molecule has 0 aromatic heterocycles. The molecule has 1 heterocycles. The number of fused-ring (bicyclic) bond motifs is 1. The Kier molecular flexibility index (Phi) is 5.30. The normalized spacial score (nSPS) is 12.9. The molecule has 3 N–H and O–H groups in total. The third-order valence-electron chi connectivity index (χ3n) is 4.42. The molecular formula is C21H16FN3O5S. The number of sulfonamides is 1. The minimum Gasteiger partial charge on any atom is -0.482 e. The molecule has 0 fully saturated rings. The number of benzene rings is 3. The summed E-state index contributed by atoms with van der Waals surface area (Å²) in [4.78, 5) is 23.8. The number of carbonyl (C=O) groups is 2. The second-order valence-corrected chi connectivity index (χ2v) is 8.29. The summed E-state index contributed by atoms with van der Waals surface area (Å²) in [5.41, 5.74) is 0.901. The average molecular weight is 441 g/mol. The van der Waals surface area contributed by atoms with Crippen LogP contribution in [0.15, 0.2) is 71.6 Å². The molecule has 0 unspecified atom stereocenters. The van der Waals surface area contributed by atoms with Crippen LogP contribution in [0, 0.1) is 5.82 Å². The van der Waals surface area contributed by atoms with Crippen molar-refractivity contribution in [3.05, 3.63) is 78.1 Å². The van der Waals surface area contributed by atoms with Crippen molar-refractivity contribution >= 4 is 38.9 Å². The molecule has 0 saturated carbocycles. The van der Waals surface area contributed by atoms with Gasteiger partial charge in [0.25, 0.3) is 21.8 Å². The first kappa shape index (κ1) is 20.4. The Morgan fingerprint density at radius 1 is 1.03 bits per heavy atom. The van der Waals surface area contributed by atoms with Gasteiger partial charge in [0.05, 0.1) is 16.3 Å². The van der Waals surface area contributed by atoms with Gasteiger partial charge in [-0.2, -0.15) is 0 Å². The number of carbonyl (C=O) groups excluding carboxylic acids is 2. The number of nitrogens with one attached hydrogen (secondary N) is 3. The predicted molar refractivity (Wildman–Crippen MR) is 112 cm³/mol. The number of para-hydroxylation sites is 1. The molecule has 10 heteroatoms. The van der Waals surface area contributed by atoms with E-state index in [2.05, 4.69) is 15.4 Å². The molecule has 0 radical (unpaired) electrons. The van der Waals surface area contributed by atoms with Gasteiger partial charge in [0.15, 0.2) is 6.61 Å². The SMILES string of the molecule is O=C1COc2ccc(NC(=O)c3ccc(S(=O)(=O)Nc4ccccc4F)cc3)cc2N1. The molecule has 0 saturated heterocycles. The maximum Gasteiger partial charge on any atom is 0.262 e. The fourth-order valence-corrected chi connectivity index (χ4v) is 3.96. The number of rotatable bonds is 5. The van der Waals surface area contributed by atoms with Crippen molar-refractivity contribution in [1.29, 1.82) is 0 Å². The van der Waals surface area contributed by atoms with Crippen LogP contribution in [0.3, 0.4) is 0 Å². The highest BCUT2D eigenvalue weighted by molar-refractivity contribution is 7.92. The van der Waals surface area contributed by atoms with Gasteiger partial charge in [-0.25, -0.2) is 12.8 Å². The van der Waals surface area contributed by atoms with Crippen molar-refractivity contribution in [3.8, 4) is 5.75 Å². The largest absolute Gasteiger partial charge is 0.482 e. The van der Waals surface area contributed by atoms with Gasteiger partial charge >= 0.3 is 0 Å². The van der Waals surface area contributed by atoms with E-state index < -0.39 is 21.7 Å². The molecule has 0 atom stereocenters. The maximum absolute atomic E-state index is 13.7. The molecule has 0 bridgehead atoms. The Balaban J connectivity index is 1.48. The lowest BCUT2D eigenvalue weighted by Gasteiger charge is -2.18. The Morgan fingerprint density at radius 3 is 2.52 bits per heavy atom. The van der Waals surface area contributed by atoms with Crippen LogP contribution < -0.4 is 20.1 Å². The van der Waals surface area contributed by atoms with Gasteiger partial charge in [0.2, 0.25) is 0 Å². The highest BCUT2D eigenvalue weighted by Gasteiger charge is 2.18. The molecule has 3 aromatic carbocycles. The molecule has 4 rings (SSSR count). The summed E-state index contributed by atoms with van der Waals surface area (Å²) < 4.78 is 46.1. The highest BCUT2D eigenvalue weighted by atomic mass is 32.2. The summed E-state index contributed by atoms with van der Waals surface area (Å²) in [6.45, 7) is -0.0697. The third kappa shape index (κ3) is 4.48. The predicted octanol–water partition coefficient (Wildman–Crippen LogP) is 3.21. The molecule has 2 amide bonds. The van der Waals surface area contributed by atoms with Crippen LogP contribution in [0.1, 0.15) is 10.4 Å². The molecule has 1 aliphatic rings. The van der Waals surface area contributed by atoms with Crippen molar-refractivity contribution in [2.75, 3.05) is 22.0 Å². The van der Waals surface area contributed by atoms with Gasteiger partial charge in [0, 0.05) is 11.3 Å².